The van der Waals surface area contributed by atoms with Gasteiger partial charge in [0, 0.05) is 25.8 Å². The summed E-state index contributed by atoms with van der Waals surface area (Å²) in [6, 6.07) is 6.12. The highest BCUT2D eigenvalue weighted by Crippen LogP contribution is 2.17. The summed E-state index contributed by atoms with van der Waals surface area (Å²) in [4.78, 5) is 26.6. The number of carbonyl (C=O) groups is 2. The Balaban J connectivity index is 2.83. The Morgan fingerprint density at radius 3 is 2.00 bits per heavy atom. The zero-order valence-electron chi connectivity index (χ0n) is 10.9. The quantitative estimate of drug-likeness (QED) is 0.821. The van der Waals surface area contributed by atoms with Crippen LogP contribution in [0.5, 0.6) is 5.75 Å². The van der Waals surface area contributed by atoms with Crippen molar-refractivity contribution in [1.29, 1.82) is 0 Å². The van der Waals surface area contributed by atoms with Gasteiger partial charge in [0.15, 0.2) is 0 Å². The van der Waals surface area contributed by atoms with Gasteiger partial charge in [0.05, 0.1) is 0 Å². The van der Waals surface area contributed by atoms with Crippen LogP contribution in [0.15, 0.2) is 24.3 Å². The van der Waals surface area contributed by atoms with Gasteiger partial charge in [-0.15, -0.1) is 0 Å². The smallest absolute Gasteiger partial charge is 0.316 e. The molecule has 0 saturated heterocycles. The first-order valence-corrected chi connectivity index (χ1v) is 5.87. The van der Waals surface area contributed by atoms with Gasteiger partial charge in [-0.2, -0.15) is 0 Å². The second-order valence-corrected chi connectivity index (χ2v) is 3.86. The minimum atomic E-state index is -0.579. The predicted octanol–water partition coefficient (Wildman–Crippen LogP) is 1.22. The summed E-state index contributed by atoms with van der Waals surface area (Å²) in [6.07, 6.45) is 0. The Kier molecular flexibility index (Phi) is 4.71. The molecule has 1 N–H and O–H groups in total. The van der Waals surface area contributed by atoms with Crippen LogP contribution >= 0.6 is 0 Å². The van der Waals surface area contributed by atoms with Gasteiger partial charge in [-0.25, -0.2) is 0 Å². The number of benzene rings is 1. The third-order valence-electron chi connectivity index (χ3n) is 2.78. The molecule has 0 bridgehead atoms. The summed E-state index contributed by atoms with van der Waals surface area (Å²) < 4.78 is 0. The average Bonchev–Trinajstić information content (AvgIpc) is 2.39. The van der Waals surface area contributed by atoms with Crippen LogP contribution in [-0.2, 0) is 9.59 Å². The van der Waals surface area contributed by atoms with Crippen molar-refractivity contribution < 1.29 is 14.7 Å². The first-order valence-electron chi connectivity index (χ1n) is 5.87. The van der Waals surface area contributed by atoms with Crippen LogP contribution in [0.3, 0.4) is 0 Å². The SMILES string of the molecule is CCN(CC)C(=O)C(=O)N(C)c1ccc(O)cc1. The van der Waals surface area contributed by atoms with Crippen LogP contribution in [-0.4, -0.2) is 42.0 Å². The molecule has 1 aromatic rings. The lowest BCUT2D eigenvalue weighted by atomic mass is 10.2. The second kappa shape index (κ2) is 6.05. The van der Waals surface area contributed by atoms with Crippen molar-refractivity contribution in [2.75, 3.05) is 25.0 Å². The Hall–Kier alpha value is -2.04. The summed E-state index contributed by atoms with van der Waals surface area (Å²) in [7, 11) is 1.54. The molecule has 0 heterocycles. The van der Waals surface area contributed by atoms with E-state index in [0.717, 1.165) is 0 Å². The maximum Gasteiger partial charge on any atom is 0.316 e. The fourth-order valence-corrected chi connectivity index (χ4v) is 1.58. The minimum absolute atomic E-state index is 0.120. The van der Waals surface area contributed by atoms with E-state index in [9.17, 15) is 14.7 Å². The first kappa shape index (κ1) is 14.0. The molecule has 0 atom stereocenters. The van der Waals surface area contributed by atoms with Gasteiger partial charge >= 0.3 is 11.8 Å². The second-order valence-electron chi connectivity index (χ2n) is 3.86. The highest BCUT2D eigenvalue weighted by Gasteiger charge is 2.23. The van der Waals surface area contributed by atoms with E-state index in [4.69, 9.17) is 0 Å². The lowest BCUT2D eigenvalue weighted by Gasteiger charge is -2.22. The third-order valence-corrected chi connectivity index (χ3v) is 2.78. The van der Waals surface area contributed by atoms with E-state index < -0.39 is 11.8 Å². The molecule has 5 heteroatoms. The van der Waals surface area contributed by atoms with Crippen molar-refractivity contribution in [3.8, 4) is 5.75 Å². The van der Waals surface area contributed by atoms with E-state index in [0.29, 0.717) is 18.8 Å². The molecular formula is C13H18N2O3. The van der Waals surface area contributed by atoms with Crippen molar-refractivity contribution in [3.05, 3.63) is 24.3 Å². The molecule has 98 valence electrons. The summed E-state index contributed by atoms with van der Waals surface area (Å²) in [5.74, 6) is -0.977. The highest BCUT2D eigenvalue weighted by atomic mass is 16.3. The maximum atomic E-state index is 12.0. The number of anilines is 1. The summed E-state index contributed by atoms with van der Waals surface area (Å²) in [5, 5.41) is 9.17. The number of hydrogen-bond donors (Lipinski definition) is 1. The maximum absolute atomic E-state index is 12.0. The normalized spacial score (nSPS) is 9.94. The van der Waals surface area contributed by atoms with Crippen molar-refractivity contribution in [1.82, 2.24) is 4.90 Å². The van der Waals surface area contributed by atoms with Gasteiger partial charge in [0.2, 0.25) is 0 Å². The lowest BCUT2D eigenvalue weighted by molar-refractivity contribution is -0.144. The number of phenols is 1. The van der Waals surface area contributed by atoms with Gasteiger partial charge in [0.1, 0.15) is 5.75 Å². The van der Waals surface area contributed by atoms with Gasteiger partial charge < -0.3 is 14.9 Å². The summed E-state index contributed by atoms with van der Waals surface area (Å²) in [6.45, 7) is 4.67. The lowest BCUT2D eigenvalue weighted by Crippen LogP contribution is -2.43. The van der Waals surface area contributed by atoms with Crippen molar-refractivity contribution in [3.63, 3.8) is 0 Å². The number of likely N-dealkylation sites (N-methyl/N-ethyl adjacent to an activating group) is 2. The molecule has 0 spiro atoms. The van der Waals surface area contributed by atoms with Gasteiger partial charge in [0.25, 0.3) is 0 Å². The van der Waals surface area contributed by atoms with E-state index in [2.05, 4.69) is 0 Å². The fourth-order valence-electron chi connectivity index (χ4n) is 1.58. The Bertz CT molecular complexity index is 424. The van der Waals surface area contributed by atoms with E-state index in [-0.39, 0.29) is 5.75 Å². The predicted molar refractivity (Wildman–Crippen MR) is 69.4 cm³/mol. The first-order chi connectivity index (χ1) is 8.51. The monoisotopic (exact) mass is 250 g/mol. The number of amides is 2. The number of carbonyl (C=O) groups excluding carboxylic acids is 2. The number of hydrogen-bond acceptors (Lipinski definition) is 3. The molecule has 1 aromatic carbocycles. The number of nitrogens with zero attached hydrogens (tertiary/aromatic N) is 2. The molecule has 0 aliphatic rings. The fraction of sp³-hybridized carbons (Fsp3) is 0.385. The molecule has 0 fully saturated rings. The van der Waals surface area contributed by atoms with Crippen molar-refractivity contribution >= 4 is 17.5 Å². The molecule has 0 aliphatic heterocycles. The van der Waals surface area contributed by atoms with Gasteiger partial charge in [-0.3, -0.25) is 9.59 Å². The van der Waals surface area contributed by atoms with E-state index in [1.807, 2.05) is 13.8 Å². The van der Waals surface area contributed by atoms with Crippen LogP contribution in [0.25, 0.3) is 0 Å². The molecular weight excluding hydrogens is 232 g/mol. The van der Waals surface area contributed by atoms with Crippen molar-refractivity contribution in [2.24, 2.45) is 0 Å². The van der Waals surface area contributed by atoms with E-state index in [1.165, 1.54) is 29.0 Å². The topological polar surface area (TPSA) is 60.9 Å². The van der Waals surface area contributed by atoms with Gasteiger partial charge in [-0.1, -0.05) is 0 Å². The molecule has 1 rings (SSSR count). The van der Waals surface area contributed by atoms with Crippen molar-refractivity contribution in [2.45, 2.75) is 13.8 Å². The molecule has 0 saturated carbocycles. The molecule has 0 radical (unpaired) electrons. The molecule has 0 aliphatic carbocycles. The zero-order valence-corrected chi connectivity index (χ0v) is 10.9. The minimum Gasteiger partial charge on any atom is -0.508 e. The Labute approximate surface area is 107 Å². The Morgan fingerprint density at radius 2 is 1.56 bits per heavy atom. The standard InChI is InChI=1S/C13H18N2O3/c1-4-15(5-2)13(18)12(17)14(3)10-6-8-11(16)9-7-10/h6-9,16H,4-5H2,1-3H3. The number of aromatic hydroxyl groups is 1. The van der Waals surface area contributed by atoms with Gasteiger partial charge in [-0.05, 0) is 38.1 Å². The number of phenolic OH excluding ortho intramolecular Hbond substituents is 1. The molecule has 5 nitrogen and oxygen atoms in total. The third kappa shape index (κ3) is 3.00. The molecule has 0 unspecified atom stereocenters. The molecule has 2 amide bonds. The van der Waals surface area contributed by atoms with Crippen LogP contribution < -0.4 is 4.90 Å². The van der Waals surface area contributed by atoms with Crippen LogP contribution in [0.1, 0.15) is 13.8 Å². The largest absolute Gasteiger partial charge is 0.508 e. The molecule has 0 aromatic heterocycles. The summed E-state index contributed by atoms with van der Waals surface area (Å²) in [5.41, 5.74) is 0.568. The highest BCUT2D eigenvalue weighted by molar-refractivity contribution is 6.40. The summed E-state index contributed by atoms with van der Waals surface area (Å²) >= 11 is 0. The Morgan fingerprint density at radius 1 is 1.06 bits per heavy atom. The zero-order chi connectivity index (χ0) is 13.7. The average molecular weight is 250 g/mol. The molecule has 18 heavy (non-hydrogen) atoms. The number of rotatable bonds is 3. The van der Waals surface area contributed by atoms with Crippen LogP contribution in [0, 0.1) is 0 Å². The van der Waals surface area contributed by atoms with Crippen LogP contribution in [0.2, 0.25) is 0 Å². The van der Waals surface area contributed by atoms with Crippen LogP contribution in [0.4, 0.5) is 5.69 Å². The van der Waals surface area contributed by atoms with E-state index >= 15 is 0 Å². The van der Waals surface area contributed by atoms with E-state index in [1.54, 1.807) is 12.1 Å².